The first kappa shape index (κ1) is 17.2. The number of aliphatic hydroxyl groups excluding tert-OH is 2. The second kappa shape index (κ2) is 8.48. The van der Waals surface area contributed by atoms with Crippen LogP contribution in [0.1, 0.15) is 11.1 Å². The number of nitrogens with zero attached hydrogens (tertiary/aromatic N) is 2. The lowest BCUT2D eigenvalue weighted by Crippen LogP contribution is -2.49. The Labute approximate surface area is 133 Å². The van der Waals surface area contributed by atoms with E-state index in [0.29, 0.717) is 13.2 Å². The van der Waals surface area contributed by atoms with Crippen molar-refractivity contribution in [1.82, 2.24) is 9.80 Å². The Hall–Kier alpha value is -1.14. The molecule has 1 aromatic carbocycles. The van der Waals surface area contributed by atoms with Crippen LogP contribution in [-0.2, 0) is 0 Å². The maximum absolute atomic E-state index is 10.2. The number of benzene rings is 1. The average molecular weight is 308 g/mol. The Bertz CT molecular complexity index is 459. The van der Waals surface area contributed by atoms with E-state index in [9.17, 15) is 5.11 Å². The summed E-state index contributed by atoms with van der Waals surface area (Å²) in [5, 5.41) is 19.1. The minimum Gasteiger partial charge on any atom is -0.491 e. The molecule has 5 heteroatoms. The zero-order valence-electron chi connectivity index (χ0n) is 13.7. The first-order chi connectivity index (χ1) is 10.6. The molecule has 0 amide bonds. The van der Waals surface area contributed by atoms with Gasteiger partial charge in [-0.15, -0.1) is 0 Å². The van der Waals surface area contributed by atoms with Crippen LogP contribution in [0.2, 0.25) is 0 Å². The molecule has 1 aliphatic heterocycles. The number of aryl methyl sites for hydroxylation is 1. The SMILES string of the molecule is Cc1cccc(OC[C@H](O)CN2CCN(CCO)CC2)c1C. The molecule has 5 nitrogen and oxygen atoms in total. The molecular formula is C17H28N2O3. The van der Waals surface area contributed by atoms with Crippen molar-refractivity contribution in [3.05, 3.63) is 29.3 Å². The van der Waals surface area contributed by atoms with E-state index >= 15 is 0 Å². The zero-order valence-corrected chi connectivity index (χ0v) is 13.7. The lowest BCUT2D eigenvalue weighted by atomic mass is 10.1. The molecule has 1 aromatic rings. The molecule has 0 spiro atoms. The average Bonchev–Trinajstić information content (AvgIpc) is 2.51. The summed E-state index contributed by atoms with van der Waals surface area (Å²) in [4.78, 5) is 4.50. The molecule has 0 bridgehead atoms. The van der Waals surface area contributed by atoms with Crippen molar-refractivity contribution in [3.63, 3.8) is 0 Å². The smallest absolute Gasteiger partial charge is 0.122 e. The van der Waals surface area contributed by atoms with Gasteiger partial charge in [-0.3, -0.25) is 9.80 Å². The molecule has 1 fully saturated rings. The highest BCUT2D eigenvalue weighted by atomic mass is 16.5. The summed E-state index contributed by atoms with van der Waals surface area (Å²) in [6.45, 7) is 9.77. The van der Waals surface area contributed by atoms with Crippen LogP contribution in [-0.4, -0.2) is 78.6 Å². The Balaban J connectivity index is 1.72. The van der Waals surface area contributed by atoms with E-state index in [1.54, 1.807) is 0 Å². The first-order valence-electron chi connectivity index (χ1n) is 8.03. The van der Waals surface area contributed by atoms with E-state index in [1.807, 2.05) is 19.1 Å². The van der Waals surface area contributed by atoms with Crippen LogP contribution in [0.15, 0.2) is 18.2 Å². The molecule has 2 rings (SSSR count). The second-order valence-corrected chi connectivity index (χ2v) is 6.03. The summed E-state index contributed by atoms with van der Waals surface area (Å²) < 4.78 is 5.76. The maximum atomic E-state index is 10.2. The fourth-order valence-corrected chi connectivity index (χ4v) is 2.75. The molecule has 22 heavy (non-hydrogen) atoms. The molecular weight excluding hydrogens is 280 g/mol. The number of hydrogen-bond donors (Lipinski definition) is 2. The summed E-state index contributed by atoms with van der Waals surface area (Å²) in [6, 6.07) is 5.98. The van der Waals surface area contributed by atoms with Gasteiger partial charge < -0.3 is 14.9 Å². The van der Waals surface area contributed by atoms with E-state index in [0.717, 1.165) is 44.0 Å². The summed E-state index contributed by atoms with van der Waals surface area (Å²) in [6.07, 6.45) is -0.482. The molecule has 0 radical (unpaired) electrons. The number of aliphatic hydroxyl groups is 2. The predicted octanol–water partition coefficient (Wildman–Crippen LogP) is 0.653. The number of β-amino-alcohol motifs (C(OH)–C–C–N with tert-alkyl or cyclic N) is 2. The zero-order chi connectivity index (χ0) is 15.9. The van der Waals surface area contributed by atoms with Crippen LogP contribution in [0, 0.1) is 13.8 Å². The van der Waals surface area contributed by atoms with Crippen molar-refractivity contribution in [1.29, 1.82) is 0 Å². The highest BCUT2D eigenvalue weighted by molar-refractivity contribution is 5.38. The van der Waals surface area contributed by atoms with Gasteiger partial charge in [0.05, 0.1) is 6.61 Å². The quantitative estimate of drug-likeness (QED) is 0.775. The van der Waals surface area contributed by atoms with Crippen molar-refractivity contribution in [3.8, 4) is 5.75 Å². The van der Waals surface area contributed by atoms with E-state index in [1.165, 1.54) is 5.56 Å². The number of ether oxygens (including phenoxy) is 1. The second-order valence-electron chi connectivity index (χ2n) is 6.03. The number of piperazine rings is 1. The molecule has 0 unspecified atom stereocenters. The Kier molecular flexibility index (Phi) is 6.64. The van der Waals surface area contributed by atoms with E-state index in [-0.39, 0.29) is 6.61 Å². The van der Waals surface area contributed by atoms with Gasteiger partial charge in [0.15, 0.2) is 0 Å². The van der Waals surface area contributed by atoms with E-state index < -0.39 is 6.10 Å². The van der Waals surface area contributed by atoms with Crippen LogP contribution in [0.3, 0.4) is 0 Å². The summed E-state index contributed by atoms with van der Waals surface area (Å²) in [7, 11) is 0. The van der Waals surface area contributed by atoms with Crippen molar-refractivity contribution in [2.45, 2.75) is 20.0 Å². The van der Waals surface area contributed by atoms with Crippen molar-refractivity contribution >= 4 is 0 Å². The van der Waals surface area contributed by atoms with Gasteiger partial charge in [-0.05, 0) is 31.0 Å². The summed E-state index contributed by atoms with van der Waals surface area (Å²) >= 11 is 0. The van der Waals surface area contributed by atoms with Crippen LogP contribution in [0.4, 0.5) is 0 Å². The van der Waals surface area contributed by atoms with Crippen molar-refractivity contribution in [2.24, 2.45) is 0 Å². The molecule has 0 aromatic heterocycles. The van der Waals surface area contributed by atoms with Gasteiger partial charge in [0.25, 0.3) is 0 Å². The molecule has 1 saturated heterocycles. The fraction of sp³-hybridized carbons (Fsp3) is 0.647. The lowest BCUT2D eigenvalue weighted by molar-refractivity contribution is 0.0427. The van der Waals surface area contributed by atoms with Crippen LogP contribution >= 0.6 is 0 Å². The normalized spacial score (nSPS) is 18.4. The third kappa shape index (κ3) is 4.95. The maximum Gasteiger partial charge on any atom is 0.122 e. The van der Waals surface area contributed by atoms with Gasteiger partial charge in [0.1, 0.15) is 18.5 Å². The minimum atomic E-state index is -0.482. The molecule has 1 atom stereocenters. The Morgan fingerprint density at radius 1 is 1.14 bits per heavy atom. The molecule has 124 valence electrons. The highest BCUT2D eigenvalue weighted by Crippen LogP contribution is 2.20. The van der Waals surface area contributed by atoms with Gasteiger partial charge in [-0.1, -0.05) is 12.1 Å². The molecule has 1 heterocycles. The lowest BCUT2D eigenvalue weighted by Gasteiger charge is -2.35. The monoisotopic (exact) mass is 308 g/mol. The summed E-state index contributed by atoms with van der Waals surface area (Å²) in [5.74, 6) is 0.854. The highest BCUT2D eigenvalue weighted by Gasteiger charge is 2.19. The van der Waals surface area contributed by atoms with Crippen LogP contribution < -0.4 is 4.74 Å². The minimum absolute atomic E-state index is 0.215. The molecule has 0 aliphatic carbocycles. The van der Waals surface area contributed by atoms with Crippen LogP contribution in [0.25, 0.3) is 0 Å². The number of hydrogen-bond acceptors (Lipinski definition) is 5. The number of rotatable bonds is 7. The summed E-state index contributed by atoms with van der Waals surface area (Å²) in [5.41, 5.74) is 2.33. The third-order valence-corrected chi connectivity index (χ3v) is 4.34. The van der Waals surface area contributed by atoms with E-state index in [2.05, 4.69) is 22.8 Å². The standard InChI is InChI=1S/C17H28N2O3/c1-14-4-3-5-17(15(14)2)22-13-16(21)12-19-8-6-18(7-9-19)10-11-20/h3-5,16,20-21H,6-13H2,1-2H3/t16-/m1/s1. The third-order valence-electron chi connectivity index (χ3n) is 4.34. The first-order valence-corrected chi connectivity index (χ1v) is 8.03. The predicted molar refractivity (Wildman–Crippen MR) is 87.4 cm³/mol. The topological polar surface area (TPSA) is 56.2 Å². The molecule has 2 N–H and O–H groups in total. The van der Waals surface area contributed by atoms with E-state index in [4.69, 9.17) is 9.84 Å². The van der Waals surface area contributed by atoms with Crippen molar-refractivity contribution < 1.29 is 14.9 Å². The van der Waals surface area contributed by atoms with Gasteiger partial charge >= 0.3 is 0 Å². The molecule has 0 saturated carbocycles. The molecule has 1 aliphatic rings. The fourth-order valence-electron chi connectivity index (χ4n) is 2.75. The van der Waals surface area contributed by atoms with Gasteiger partial charge in [0, 0.05) is 39.3 Å². The van der Waals surface area contributed by atoms with Gasteiger partial charge in [-0.2, -0.15) is 0 Å². The van der Waals surface area contributed by atoms with Crippen molar-refractivity contribution in [2.75, 3.05) is 52.5 Å². The van der Waals surface area contributed by atoms with Gasteiger partial charge in [0.2, 0.25) is 0 Å². The Morgan fingerprint density at radius 2 is 1.82 bits per heavy atom. The van der Waals surface area contributed by atoms with Crippen LogP contribution in [0.5, 0.6) is 5.75 Å². The largest absolute Gasteiger partial charge is 0.491 e. The van der Waals surface area contributed by atoms with Gasteiger partial charge in [-0.25, -0.2) is 0 Å². The Morgan fingerprint density at radius 3 is 2.50 bits per heavy atom.